The fourth-order valence-corrected chi connectivity index (χ4v) is 7.39. The molecule has 3 aliphatic rings. The van der Waals surface area contributed by atoms with E-state index in [4.69, 9.17) is 23.2 Å². The number of aliphatic hydroxyl groups excluding tert-OH is 1. The summed E-state index contributed by atoms with van der Waals surface area (Å²) in [5.74, 6) is -1.69. The quantitative estimate of drug-likeness (QED) is 0.303. The molecule has 4 rings (SSSR count). The van der Waals surface area contributed by atoms with E-state index in [9.17, 15) is 23.9 Å². The summed E-state index contributed by atoms with van der Waals surface area (Å²) in [6.07, 6.45) is 7.62. The van der Waals surface area contributed by atoms with Gasteiger partial charge in [-0.1, -0.05) is 68.8 Å². The van der Waals surface area contributed by atoms with Crippen LogP contribution in [0, 0.1) is 17.3 Å². The zero-order chi connectivity index (χ0) is 31.7. The number of carbonyl (C=O) groups excluding carboxylic acids is 3. The summed E-state index contributed by atoms with van der Waals surface area (Å²) >= 11 is 12.2. The molecule has 1 spiro atoms. The summed E-state index contributed by atoms with van der Waals surface area (Å²) in [5.41, 5.74) is -0.0696. The Kier molecular flexibility index (Phi) is 10.1. The van der Waals surface area contributed by atoms with E-state index >= 15 is 0 Å². The molecule has 2 heterocycles. The SMILES string of the molecule is C=C(/C=C\C=C(\Cl)CF)[C@H]1[C@H](C(=O)NCC2CCC(O)CC2)N(C(C)=O)[C@@H](CC(C)(C)C)[C@@]12C(=O)Nc1cc(Cl)ccc12. The number of rotatable bonds is 8. The van der Waals surface area contributed by atoms with Gasteiger partial charge >= 0.3 is 0 Å². The third-order valence-corrected chi connectivity index (χ3v) is 9.41. The Labute approximate surface area is 263 Å². The number of nitrogens with zero attached hydrogens (tertiary/aromatic N) is 1. The topological polar surface area (TPSA) is 98.7 Å². The van der Waals surface area contributed by atoms with Crippen molar-refractivity contribution in [2.45, 2.75) is 83.4 Å². The van der Waals surface area contributed by atoms with Gasteiger partial charge in [-0.05, 0) is 72.8 Å². The van der Waals surface area contributed by atoms with Gasteiger partial charge in [0, 0.05) is 35.1 Å². The molecule has 1 aromatic carbocycles. The molecule has 0 unspecified atom stereocenters. The molecular weight excluding hydrogens is 592 g/mol. The maximum absolute atomic E-state index is 14.4. The van der Waals surface area contributed by atoms with E-state index in [2.05, 4.69) is 17.2 Å². The molecule has 2 aliphatic heterocycles. The van der Waals surface area contributed by atoms with Crippen molar-refractivity contribution >= 4 is 46.6 Å². The molecule has 1 saturated carbocycles. The van der Waals surface area contributed by atoms with Crippen LogP contribution in [0.5, 0.6) is 0 Å². The van der Waals surface area contributed by atoms with Gasteiger partial charge in [0.05, 0.1) is 12.1 Å². The third-order valence-electron chi connectivity index (χ3n) is 8.95. The standard InChI is InChI=1S/C33H42Cl2FN3O4/c1-19(7-6-8-23(35)17-36)28-29(30(42)37-18-21-9-12-24(41)13-10-21)39(20(2)40)27(16-32(3,4)5)33(28)25-14-11-22(34)15-26(25)38-31(33)43/h6-8,11,14-15,21,24,27-29,41H,1,9-10,12-13,16-18H2,2-5H3,(H,37,42)(H,38,43)/b7-6-,23-8+/t21?,24?,27-,28-,29+,33+/m0/s1. The number of carbonyl (C=O) groups is 3. The number of likely N-dealkylation sites (tertiary alicyclic amines) is 1. The summed E-state index contributed by atoms with van der Waals surface area (Å²) < 4.78 is 13.0. The molecule has 7 nitrogen and oxygen atoms in total. The lowest BCUT2D eigenvalue weighted by Gasteiger charge is -2.39. The van der Waals surface area contributed by atoms with Gasteiger partial charge in [-0.15, -0.1) is 0 Å². The number of hydrogen-bond acceptors (Lipinski definition) is 4. The minimum Gasteiger partial charge on any atom is -0.393 e. The molecule has 234 valence electrons. The Morgan fingerprint density at radius 3 is 2.53 bits per heavy atom. The van der Waals surface area contributed by atoms with Gasteiger partial charge in [-0.3, -0.25) is 14.4 Å². The monoisotopic (exact) mass is 633 g/mol. The number of hydrogen-bond donors (Lipinski definition) is 3. The maximum Gasteiger partial charge on any atom is 0.243 e. The second kappa shape index (κ2) is 13.1. The molecule has 0 radical (unpaired) electrons. The first kappa shape index (κ1) is 33.2. The molecule has 3 amide bonds. The first-order valence-electron chi connectivity index (χ1n) is 14.8. The van der Waals surface area contributed by atoms with Crippen LogP contribution in [0.4, 0.5) is 10.1 Å². The van der Waals surface area contributed by atoms with Gasteiger partial charge in [0.15, 0.2) is 0 Å². The second-order valence-electron chi connectivity index (χ2n) is 13.2. The normalized spacial score (nSPS) is 29.2. The summed E-state index contributed by atoms with van der Waals surface area (Å²) in [5, 5.41) is 16.4. The van der Waals surface area contributed by atoms with Crippen molar-refractivity contribution in [2.24, 2.45) is 17.3 Å². The van der Waals surface area contributed by atoms with Crippen molar-refractivity contribution in [1.29, 1.82) is 0 Å². The van der Waals surface area contributed by atoms with E-state index in [-0.39, 0.29) is 40.2 Å². The van der Waals surface area contributed by atoms with E-state index < -0.39 is 30.1 Å². The molecule has 1 aromatic rings. The molecule has 43 heavy (non-hydrogen) atoms. The average Bonchev–Trinajstić information content (AvgIpc) is 3.38. The number of benzene rings is 1. The van der Waals surface area contributed by atoms with Crippen molar-refractivity contribution in [3.63, 3.8) is 0 Å². The van der Waals surface area contributed by atoms with E-state index in [0.29, 0.717) is 47.7 Å². The Hall–Kier alpha value is -2.68. The van der Waals surface area contributed by atoms with Gasteiger partial charge < -0.3 is 20.6 Å². The molecule has 1 saturated heterocycles. The fourth-order valence-electron chi connectivity index (χ4n) is 7.15. The lowest BCUT2D eigenvalue weighted by atomic mass is 9.62. The summed E-state index contributed by atoms with van der Waals surface area (Å²) in [6, 6.07) is 3.44. The van der Waals surface area contributed by atoms with Crippen LogP contribution in [0.15, 0.2) is 53.6 Å². The number of amides is 3. The lowest BCUT2D eigenvalue weighted by Crippen LogP contribution is -2.52. The Bertz CT molecular complexity index is 1330. The van der Waals surface area contributed by atoms with E-state index in [1.807, 2.05) is 20.8 Å². The summed E-state index contributed by atoms with van der Waals surface area (Å²) in [6.45, 7) is 11.4. The molecule has 10 heteroatoms. The molecule has 4 atom stereocenters. The van der Waals surface area contributed by atoms with Gasteiger partial charge in [0.1, 0.15) is 18.1 Å². The minimum absolute atomic E-state index is 0.00773. The highest BCUT2D eigenvalue weighted by atomic mass is 35.5. The van der Waals surface area contributed by atoms with Crippen molar-refractivity contribution < 1.29 is 23.9 Å². The number of allylic oxidation sites excluding steroid dienone is 4. The smallest absolute Gasteiger partial charge is 0.243 e. The van der Waals surface area contributed by atoms with Crippen LogP contribution in [0.3, 0.4) is 0 Å². The molecular formula is C33H42Cl2FN3O4. The maximum atomic E-state index is 14.4. The van der Waals surface area contributed by atoms with Crippen molar-refractivity contribution in [2.75, 3.05) is 18.5 Å². The highest BCUT2D eigenvalue weighted by Gasteiger charge is 2.69. The summed E-state index contributed by atoms with van der Waals surface area (Å²) in [4.78, 5) is 43.8. The van der Waals surface area contributed by atoms with E-state index in [1.54, 1.807) is 35.3 Å². The first-order chi connectivity index (χ1) is 20.2. The van der Waals surface area contributed by atoms with Gasteiger partial charge in [0.25, 0.3) is 0 Å². The number of halogens is 3. The third kappa shape index (κ3) is 6.71. The van der Waals surface area contributed by atoms with Gasteiger partial charge in [-0.2, -0.15) is 0 Å². The van der Waals surface area contributed by atoms with Gasteiger partial charge in [-0.25, -0.2) is 4.39 Å². The van der Waals surface area contributed by atoms with Crippen LogP contribution < -0.4 is 10.6 Å². The second-order valence-corrected chi connectivity index (χ2v) is 14.2. The van der Waals surface area contributed by atoms with Crippen LogP contribution in [-0.2, 0) is 19.8 Å². The number of nitrogens with one attached hydrogen (secondary N) is 2. The van der Waals surface area contributed by atoms with Crippen molar-refractivity contribution in [1.82, 2.24) is 10.2 Å². The van der Waals surface area contributed by atoms with Crippen molar-refractivity contribution in [3.05, 3.63) is 64.2 Å². The zero-order valence-electron chi connectivity index (χ0n) is 25.3. The van der Waals surface area contributed by atoms with Crippen LogP contribution in [0.1, 0.15) is 65.4 Å². The Morgan fingerprint density at radius 1 is 1.26 bits per heavy atom. The molecule has 1 aliphatic carbocycles. The van der Waals surface area contributed by atoms with Crippen LogP contribution in [0.25, 0.3) is 0 Å². The zero-order valence-corrected chi connectivity index (χ0v) is 26.8. The lowest BCUT2D eigenvalue weighted by molar-refractivity contribution is -0.140. The largest absolute Gasteiger partial charge is 0.393 e. The number of alkyl halides is 1. The highest BCUT2D eigenvalue weighted by molar-refractivity contribution is 6.31. The van der Waals surface area contributed by atoms with Crippen LogP contribution >= 0.6 is 23.2 Å². The Morgan fingerprint density at radius 2 is 1.93 bits per heavy atom. The highest BCUT2D eigenvalue weighted by Crippen LogP contribution is 2.58. The van der Waals surface area contributed by atoms with E-state index in [1.165, 1.54) is 13.0 Å². The predicted octanol–water partition coefficient (Wildman–Crippen LogP) is 6.05. The summed E-state index contributed by atoms with van der Waals surface area (Å²) in [7, 11) is 0. The number of fused-ring (bicyclic) bond motifs is 2. The fraction of sp³-hybridized carbons (Fsp3) is 0.545. The first-order valence-corrected chi connectivity index (χ1v) is 15.6. The van der Waals surface area contributed by atoms with Gasteiger partial charge in [0.2, 0.25) is 17.7 Å². The van der Waals surface area contributed by atoms with Crippen LogP contribution in [0.2, 0.25) is 5.02 Å². The molecule has 0 aromatic heterocycles. The molecule has 0 bridgehead atoms. The average molecular weight is 635 g/mol. The minimum atomic E-state index is -1.36. The molecule has 3 N–H and O–H groups in total. The van der Waals surface area contributed by atoms with Crippen LogP contribution in [-0.4, -0.2) is 59.1 Å². The van der Waals surface area contributed by atoms with E-state index in [0.717, 1.165) is 12.8 Å². The number of anilines is 1. The predicted molar refractivity (Wildman–Crippen MR) is 169 cm³/mol. The van der Waals surface area contributed by atoms with Crippen molar-refractivity contribution in [3.8, 4) is 0 Å². The Balaban J connectivity index is 1.88. The number of aliphatic hydroxyl groups is 1. The molecule has 2 fully saturated rings.